The lowest BCUT2D eigenvalue weighted by Gasteiger charge is -2.46. The van der Waals surface area contributed by atoms with Crippen molar-refractivity contribution < 1.29 is 85.9 Å². The van der Waals surface area contributed by atoms with E-state index in [4.69, 9.17) is 42.4 Å². The van der Waals surface area contributed by atoms with E-state index in [9.17, 15) is 43.5 Å². The van der Waals surface area contributed by atoms with Gasteiger partial charge < -0.3 is 52.4 Å². The molecule has 1 aromatic carbocycles. The maximum Gasteiger partial charge on any atom is 0.420 e. The van der Waals surface area contributed by atoms with Gasteiger partial charge >= 0.3 is 24.1 Å². The van der Waals surface area contributed by atoms with E-state index in [1.165, 1.54) is 30.2 Å². The Morgan fingerprint density at radius 1 is 0.673 bits per heavy atom. The van der Waals surface area contributed by atoms with E-state index < -0.39 is 137 Å². The number of unbranched alkanes of at least 4 members (excludes halogenated alkanes) is 1. The van der Waals surface area contributed by atoms with Gasteiger partial charge in [-0.2, -0.15) is 0 Å². The van der Waals surface area contributed by atoms with Crippen molar-refractivity contribution in [2.45, 2.75) is 289 Å². The lowest BCUT2D eigenvalue weighted by molar-refractivity contribution is -0.284. The minimum atomic E-state index is -1.47. The van der Waals surface area contributed by atoms with E-state index in [0.717, 1.165) is 23.4 Å². The molecule has 5 aliphatic rings. The van der Waals surface area contributed by atoms with Crippen molar-refractivity contribution in [3.05, 3.63) is 72.5 Å². The van der Waals surface area contributed by atoms with E-state index in [0.29, 0.717) is 69.4 Å². The van der Waals surface area contributed by atoms with Gasteiger partial charge in [-0.3, -0.25) is 28.8 Å². The van der Waals surface area contributed by atoms with Gasteiger partial charge in [0.1, 0.15) is 53.7 Å². The number of fused-ring (bicyclic) bond motifs is 1. The van der Waals surface area contributed by atoms with Crippen LogP contribution in [0.3, 0.4) is 0 Å². The zero-order valence-electron chi connectivity index (χ0n) is 64.0. The number of hydrogen-bond donors (Lipinski definition) is 1. The standard InChI is InChI=1S/C44H64N2O10.C35H54N2O8/c1-11-34-44(12-2)38(46(42(51)55-44)21-17-16-20-32-23-33(45-56-32)31-18-14-13-15-19-31)28(6)35(47)26(4)24-43(9,10)39(29(7)37(49)30(8)40(50)53-34)54-41-36(48)25(3)22-27(5)52-41;1-12-27-35(13-2,45-33(41)37-15-14-36-19-37)18-22(5)28(38)21(4)17-34(10,11)30(25(8)29(39)26(9)31(40)43-27)44-32-24(7)20(3)16-23(6)42-32/h13-15,18-19,23,25-30,34,36,38-39,41,48H,11-12,16-17,20-22,24H2,1-10H3;14-15,18-21,23-27,30,32H,12-13,16-17H2,1-11H3/b;22-18+/t25-,26+,27+,28-,29-,30+,34+,36+,38+,39+,41-,44+;20-,21+,23+,24+,25-,26+,27+,30+,32-,35-/m00/s1. The average molecular weight is 1410 g/mol. The van der Waals surface area contributed by atoms with Crippen LogP contribution in [0, 0.1) is 70.0 Å². The molecule has 2 aromatic heterocycles. The van der Waals surface area contributed by atoms with Gasteiger partial charge in [-0.25, -0.2) is 19.1 Å². The summed E-state index contributed by atoms with van der Waals surface area (Å²) >= 11 is 0. The minimum absolute atomic E-state index is 0.00343. The number of cyclic esters (lactones) is 2. The molecule has 0 radical (unpaired) electrons. The Morgan fingerprint density at radius 2 is 1.23 bits per heavy atom. The number of esters is 2. The molecule has 0 bridgehead atoms. The number of aryl methyl sites for hydroxylation is 1. The number of aromatic nitrogens is 3. The maximum atomic E-state index is 14.7. The average Bonchev–Trinajstić information content (AvgIpc) is 1.58. The van der Waals surface area contributed by atoms with Crippen molar-refractivity contribution in [1.82, 2.24) is 19.6 Å². The second kappa shape index (κ2) is 34.4. The Morgan fingerprint density at radius 3 is 1.78 bits per heavy atom. The highest BCUT2D eigenvalue weighted by molar-refractivity contribution is 6.01. The van der Waals surface area contributed by atoms with Gasteiger partial charge in [0.15, 0.2) is 41.1 Å². The smallest absolute Gasteiger partial charge is 0.420 e. The quantitative estimate of drug-likeness (QED) is 0.0640. The zero-order chi connectivity index (χ0) is 75.0. The third-order valence-electron chi connectivity index (χ3n) is 22.7. The summed E-state index contributed by atoms with van der Waals surface area (Å²) in [5.41, 5.74) is -2.12. The third-order valence-corrected chi connectivity index (χ3v) is 22.7. The van der Waals surface area contributed by atoms with Crippen molar-refractivity contribution in [3.8, 4) is 11.3 Å². The van der Waals surface area contributed by atoms with Crippen molar-refractivity contribution in [2.75, 3.05) is 6.54 Å². The largest absolute Gasteiger partial charge is 0.457 e. The lowest BCUT2D eigenvalue weighted by Crippen LogP contribution is -2.59. The summed E-state index contributed by atoms with van der Waals surface area (Å²) in [4.78, 5) is 117. The van der Waals surface area contributed by atoms with Crippen LogP contribution in [0.5, 0.6) is 0 Å². The summed E-state index contributed by atoms with van der Waals surface area (Å²) < 4.78 is 57.0. The number of ketones is 4. The molecule has 8 rings (SSSR count). The van der Waals surface area contributed by atoms with E-state index >= 15 is 0 Å². The van der Waals surface area contributed by atoms with Crippen LogP contribution < -0.4 is 0 Å². The number of nitrogens with zero attached hydrogens (tertiary/aromatic N) is 4. The normalized spacial score (nSPS) is 36.8. The number of carbonyl (C=O) groups is 8. The second-order valence-electron chi connectivity index (χ2n) is 31.5. The van der Waals surface area contributed by atoms with Crippen LogP contribution in [-0.4, -0.2) is 151 Å². The van der Waals surface area contributed by atoms with E-state index in [1.54, 1.807) is 52.5 Å². The SMILES string of the molecule is CC[C@H]1OC(=O)[C@H](C)C(=O)[C@H](C)[C@@H](O[C@@H]2O[C@H](C)C[C@H](C)[C@H]2C)C(C)(C)C[C@@H](C)C(=O)/C(C)=C/[C@]1(CC)OC(=O)n1ccnc1.CC[C@H]1OC(=O)[C@H](C)C(=O)[C@H](C)[C@@H](O[C@@H]2O[C@H](C)C[C@H](C)[C@H]2O)C(C)(C)C[C@@H](C)C(=O)[C@H](C)[C@H]2N(CCCCc3cc(-c4ccccc4)no3)C(=O)O[C@]12CC. The van der Waals surface area contributed by atoms with Gasteiger partial charge in [0, 0.05) is 72.5 Å². The minimum Gasteiger partial charge on any atom is -0.457 e. The molecule has 0 unspecified atom stereocenters. The molecule has 4 fully saturated rings. The maximum absolute atomic E-state index is 14.7. The number of imidazole rings is 1. The fourth-order valence-corrected chi connectivity index (χ4v) is 16.8. The van der Waals surface area contributed by atoms with Crippen LogP contribution in [0.1, 0.15) is 215 Å². The molecule has 22 atom stereocenters. The molecule has 5 aliphatic heterocycles. The van der Waals surface area contributed by atoms with Gasteiger partial charge in [-0.05, 0) is 133 Å². The Bertz CT molecular complexity index is 3350. The van der Waals surface area contributed by atoms with Crippen molar-refractivity contribution >= 4 is 47.3 Å². The predicted molar refractivity (Wildman–Crippen MR) is 378 cm³/mol. The molecule has 1 N–H and O–H groups in total. The topological polar surface area (TPSA) is 278 Å². The van der Waals surface area contributed by atoms with Crippen LogP contribution >= 0.6 is 0 Å². The first-order chi connectivity index (χ1) is 47.4. The number of allylic oxidation sites excluding steroid dienone is 1. The summed E-state index contributed by atoms with van der Waals surface area (Å²) in [5, 5.41) is 15.3. The molecule has 3 aromatic rings. The van der Waals surface area contributed by atoms with E-state index in [2.05, 4.69) is 24.0 Å². The fraction of sp³-hybridized carbons (Fsp3) is 0.722. The number of rotatable bonds is 15. The zero-order valence-corrected chi connectivity index (χ0v) is 64.0. The molecular formula is C79H118N4O18. The summed E-state index contributed by atoms with van der Waals surface area (Å²) in [7, 11) is 0. The highest BCUT2D eigenvalue weighted by Gasteiger charge is 2.62. The number of ether oxygens (including phenoxy) is 8. The third kappa shape index (κ3) is 18.6. The Kier molecular flexibility index (Phi) is 27.9. The summed E-state index contributed by atoms with van der Waals surface area (Å²) in [6.07, 6.45) is 3.92. The molecule has 0 aliphatic carbocycles. The second-order valence-corrected chi connectivity index (χ2v) is 31.5. The number of aliphatic hydroxyl groups is 1. The number of amides is 1. The Labute approximate surface area is 599 Å². The molecule has 101 heavy (non-hydrogen) atoms. The monoisotopic (exact) mass is 1410 g/mol. The van der Waals surface area contributed by atoms with E-state index in [-0.39, 0.29) is 60.0 Å². The van der Waals surface area contributed by atoms with Crippen LogP contribution in [0.25, 0.3) is 11.3 Å². The first-order valence-electron chi connectivity index (χ1n) is 37.2. The highest BCUT2D eigenvalue weighted by atomic mass is 16.7. The van der Waals surface area contributed by atoms with Gasteiger partial charge in [0.25, 0.3) is 0 Å². The Balaban J connectivity index is 0.000000291. The number of benzene rings is 1. The molecule has 1 amide bonds. The number of aliphatic hydroxyl groups excluding tert-OH is 1. The summed E-state index contributed by atoms with van der Waals surface area (Å²) in [6.45, 7) is 39.6. The number of Topliss-reactive ketones (excluding diaryl/α,β-unsaturated/α-hetero) is 4. The molecule has 22 heteroatoms. The number of carbonyl (C=O) groups excluding carboxylic acids is 8. The molecule has 7 heterocycles. The fourth-order valence-electron chi connectivity index (χ4n) is 16.8. The molecule has 562 valence electrons. The van der Waals surface area contributed by atoms with Gasteiger partial charge in [0.05, 0.1) is 30.5 Å². The molecule has 4 saturated heterocycles. The van der Waals surface area contributed by atoms with Crippen LogP contribution in [0.4, 0.5) is 9.59 Å². The first kappa shape index (κ1) is 81.8. The van der Waals surface area contributed by atoms with Crippen molar-refractivity contribution in [1.29, 1.82) is 0 Å². The highest BCUT2D eigenvalue weighted by Crippen LogP contribution is 2.47. The Hall–Kier alpha value is -6.46. The molecule has 22 nitrogen and oxygen atoms in total. The summed E-state index contributed by atoms with van der Waals surface area (Å²) in [6, 6.07) is 11.0. The van der Waals surface area contributed by atoms with Crippen molar-refractivity contribution in [3.63, 3.8) is 0 Å². The van der Waals surface area contributed by atoms with Gasteiger partial charge in [-0.1, -0.05) is 146 Å². The lowest BCUT2D eigenvalue weighted by atomic mass is 9.68. The molecular weight excluding hydrogens is 1290 g/mol. The van der Waals surface area contributed by atoms with Crippen LogP contribution in [0.2, 0.25) is 0 Å². The first-order valence-corrected chi connectivity index (χ1v) is 37.2. The predicted octanol–water partition coefficient (Wildman–Crippen LogP) is 14.1. The van der Waals surface area contributed by atoms with Gasteiger partial charge in [0.2, 0.25) is 0 Å². The van der Waals surface area contributed by atoms with Gasteiger partial charge in [-0.15, -0.1) is 0 Å². The molecule has 0 spiro atoms. The van der Waals surface area contributed by atoms with E-state index in [1.807, 2.05) is 119 Å². The van der Waals surface area contributed by atoms with Crippen LogP contribution in [0.15, 0.2) is 71.3 Å². The van der Waals surface area contributed by atoms with Crippen molar-refractivity contribution in [2.24, 2.45) is 70.0 Å². The summed E-state index contributed by atoms with van der Waals surface area (Å²) in [5.74, 6) is -6.68. The van der Waals surface area contributed by atoms with Crippen LogP contribution in [-0.2, 0) is 73.1 Å². The number of hydrogen-bond acceptors (Lipinski definition) is 20. The molecule has 0 saturated carbocycles.